The predicted molar refractivity (Wildman–Crippen MR) is 460 cm³/mol. The highest BCUT2D eigenvalue weighted by Gasteiger charge is 2.35. The third-order valence-electron chi connectivity index (χ3n) is 19.8. The fraction of sp³-hybridized carbons (Fsp3) is 0.430. The van der Waals surface area contributed by atoms with E-state index >= 15 is 0 Å². The zero-order valence-electron chi connectivity index (χ0n) is 65.3. The van der Waals surface area contributed by atoms with Crippen molar-refractivity contribution in [3.8, 4) is 5.75 Å². The number of halogens is 3. The van der Waals surface area contributed by atoms with Gasteiger partial charge < -0.3 is 81.2 Å². The van der Waals surface area contributed by atoms with Gasteiger partial charge in [0.15, 0.2) is 5.76 Å². The lowest BCUT2D eigenvalue weighted by Gasteiger charge is -2.37. The SMILES string of the molecule is C.C.C.CCOC(=O)c1c(N2CCN(C(=O)c3ccc(Cl)c(Cl)c3)CC2)c2ccccc2n(CCCN(C)C)c1=O.CCOC(=O)c1c(N2CCN(C(=O)c3ccc(OC)cc3)CC2)c2ccccc2n(CCCN(C)C)c1=O.CCOC(=O)c1c(N2CCN(C(=O)c3ccco3)CC2)c2cc(Cl)ccc2n(CCCN(C)C)c1=O. The van der Waals surface area contributed by atoms with Gasteiger partial charge in [-0.15, -0.1) is 0 Å². The van der Waals surface area contributed by atoms with Crippen LogP contribution in [0.1, 0.15) is 125 Å². The second kappa shape index (κ2) is 42.9. The zero-order chi connectivity index (χ0) is 80.4. The molecule has 26 nitrogen and oxygen atoms in total. The number of hydrogen-bond donors (Lipinski definition) is 0. The first kappa shape index (κ1) is 92.0. The van der Waals surface area contributed by atoms with Crippen LogP contribution in [0.4, 0.5) is 17.1 Å². The number of aryl methyl sites for hydroxylation is 3. The first-order chi connectivity index (χ1) is 53.9. The van der Waals surface area contributed by atoms with Crippen molar-refractivity contribution in [3.05, 3.63) is 207 Å². The van der Waals surface area contributed by atoms with Gasteiger partial charge in [0.05, 0.1) is 76.9 Å². The number of para-hydroxylation sites is 2. The number of piperazine rings is 3. The molecule has 4 aromatic heterocycles. The second-order valence-corrected chi connectivity index (χ2v) is 29.3. The average molecular weight is 1640 g/mol. The van der Waals surface area contributed by atoms with E-state index in [1.165, 1.54) is 6.26 Å². The summed E-state index contributed by atoms with van der Waals surface area (Å²) in [5.74, 6) is -1.31. The molecule has 0 radical (unpaired) electrons. The van der Waals surface area contributed by atoms with Crippen LogP contribution in [0.3, 0.4) is 0 Å². The molecule has 3 saturated heterocycles. The van der Waals surface area contributed by atoms with Gasteiger partial charge in [-0.2, -0.15) is 0 Å². The molecule has 3 amide bonds. The Labute approximate surface area is 688 Å². The van der Waals surface area contributed by atoms with E-state index in [-0.39, 0.29) is 99.0 Å². The Bertz CT molecular complexity index is 5020. The topological polar surface area (TPSA) is 248 Å². The van der Waals surface area contributed by atoms with Gasteiger partial charge in [-0.25, -0.2) is 14.4 Å². The number of amides is 3. The third-order valence-corrected chi connectivity index (χ3v) is 20.8. The third kappa shape index (κ3) is 21.9. The number of pyridine rings is 3. The Morgan fingerprint density at radius 1 is 0.409 bits per heavy atom. The van der Waals surface area contributed by atoms with Crippen LogP contribution in [0.25, 0.3) is 32.7 Å². The standard InChI is InChI=1S/C29H36N4O5.C28H32Cl2N4O4.C26H31ClN4O5.3CH4/c1-5-38-29(36)25-26(23-9-6-7-10-24(23)33(28(25)35)16-8-15-30(2)3)31-17-19-32(20-18-31)27(34)21-11-13-22(37-4)14-12-21;1-4-38-28(37)24-25(20-8-5-6-9-23(20)34(27(24)36)13-7-12-31(2)3)32-14-16-33(17-15-32)26(35)19-10-11-21(29)22(30)18-19;1-4-35-26(34)22-23(29-12-14-30(15-13-29)24(32)21-7-5-16-36-21)19-17-18(27)8-9-20(19)31(25(22)33)11-6-10-28(2)3;;;/h6-7,9-14H,5,8,15-20H2,1-4H3;5-6,8-11,18H,4,7,12-17H2,1-3H3;5,7-9,16-17H,4,6,10-15H2,1-3H3;3*1H4. The molecule has 620 valence electrons. The normalized spacial score (nSPS) is 13.5. The number of aromatic nitrogens is 3. The fourth-order valence-electron chi connectivity index (χ4n) is 14.3. The van der Waals surface area contributed by atoms with Gasteiger partial charge in [-0.3, -0.25) is 28.8 Å². The summed E-state index contributed by atoms with van der Waals surface area (Å²) in [5.41, 5.74) is 4.01. The predicted octanol–water partition coefficient (Wildman–Crippen LogP) is 12.7. The summed E-state index contributed by atoms with van der Waals surface area (Å²) in [6.45, 7) is 14.9. The van der Waals surface area contributed by atoms with E-state index in [4.69, 9.17) is 58.2 Å². The molecule has 0 spiro atoms. The Morgan fingerprint density at radius 3 is 1.14 bits per heavy atom. The second-order valence-electron chi connectivity index (χ2n) is 28.0. The lowest BCUT2D eigenvalue weighted by atomic mass is 10.1. The van der Waals surface area contributed by atoms with Gasteiger partial charge >= 0.3 is 17.9 Å². The van der Waals surface area contributed by atoms with Crippen LogP contribution < -0.4 is 36.1 Å². The number of furan rings is 1. The number of hydrogen-bond acceptors (Lipinski definition) is 20. The fourth-order valence-corrected chi connectivity index (χ4v) is 14.8. The first-order valence-electron chi connectivity index (χ1n) is 37.8. The molecule has 12 rings (SSSR count). The van der Waals surface area contributed by atoms with Crippen molar-refractivity contribution in [2.75, 3.05) is 182 Å². The molecule has 0 unspecified atom stereocenters. The van der Waals surface area contributed by atoms with Crippen molar-refractivity contribution in [2.24, 2.45) is 0 Å². The molecule has 3 fully saturated rings. The van der Waals surface area contributed by atoms with Crippen LogP contribution in [0, 0.1) is 0 Å². The Hall–Kier alpha value is -10.2. The molecule has 0 N–H and O–H groups in total. The minimum absolute atomic E-state index is 0. The van der Waals surface area contributed by atoms with Crippen molar-refractivity contribution in [1.29, 1.82) is 0 Å². The largest absolute Gasteiger partial charge is 0.497 e. The molecule has 0 saturated carbocycles. The van der Waals surface area contributed by atoms with Gasteiger partial charge in [0.2, 0.25) is 0 Å². The van der Waals surface area contributed by atoms with Crippen molar-refractivity contribution in [1.82, 2.24) is 43.1 Å². The highest BCUT2D eigenvalue weighted by molar-refractivity contribution is 6.42. The molecule has 3 aliphatic heterocycles. The van der Waals surface area contributed by atoms with Crippen LogP contribution in [0.15, 0.2) is 146 Å². The van der Waals surface area contributed by atoms with E-state index in [0.717, 1.165) is 60.7 Å². The zero-order valence-corrected chi connectivity index (χ0v) is 67.6. The van der Waals surface area contributed by atoms with Crippen molar-refractivity contribution in [3.63, 3.8) is 0 Å². The van der Waals surface area contributed by atoms with E-state index in [1.54, 1.807) is 123 Å². The summed E-state index contributed by atoms with van der Waals surface area (Å²) in [5, 5.41) is 3.57. The monoisotopic (exact) mass is 1640 g/mol. The van der Waals surface area contributed by atoms with E-state index in [2.05, 4.69) is 9.80 Å². The van der Waals surface area contributed by atoms with Gasteiger partial charge in [-0.1, -0.05) is 93.5 Å². The first-order valence-corrected chi connectivity index (χ1v) is 38.9. The van der Waals surface area contributed by atoms with E-state index in [0.29, 0.717) is 158 Å². The molecule has 0 bridgehead atoms. The van der Waals surface area contributed by atoms with Gasteiger partial charge in [0, 0.05) is 130 Å². The molecule has 0 aliphatic carbocycles. The number of nitrogens with zero attached hydrogens (tertiary/aromatic N) is 12. The summed E-state index contributed by atoms with van der Waals surface area (Å²) in [6, 6.07) is 35.9. The van der Waals surface area contributed by atoms with Crippen LogP contribution in [0.2, 0.25) is 15.1 Å². The lowest BCUT2D eigenvalue weighted by molar-refractivity contribution is 0.0514. The molecular weight excluding hydrogens is 1530 g/mol. The number of fused-ring (bicyclic) bond motifs is 3. The summed E-state index contributed by atoms with van der Waals surface area (Å²) < 4.78 is 31.5. The minimum atomic E-state index is -0.658. The molecule has 5 aromatic carbocycles. The maximum absolute atomic E-state index is 13.8. The Morgan fingerprint density at radius 2 is 0.774 bits per heavy atom. The van der Waals surface area contributed by atoms with Gasteiger partial charge in [0.25, 0.3) is 34.4 Å². The summed E-state index contributed by atoms with van der Waals surface area (Å²) in [7, 11) is 13.5. The van der Waals surface area contributed by atoms with E-state index in [1.807, 2.05) is 116 Å². The number of esters is 3. The summed E-state index contributed by atoms with van der Waals surface area (Å²) in [6.07, 6.45) is 3.73. The smallest absolute Gasteiger partial charge is 0.345 e. The molecule has 29 heteroatoms. The highest BCUT2D eigenvalue weighted by Crippen LogP contribution is 2.36. The van der Waals surface area contributed by atoms with Crippen LogP contribution in [-0.4, -0.2) is 246 Å². The van der Waals surface area contributed by atoms with E-state index in [9.17, 15) is 43.2 Å². The van der Waals surface area contributed by atoms with Gasteiger partial charge in [-0.05, 0) is 187 Å². The molecular formula is C86H111Cl3N12O14. The number of anilines is 3. The quantitative estimate of drug-likeness (QED) is 0.0381. The minimum Gasteiger partial charge on any atom is -0.497 e. The summed E-state index contributed by atoms with van der Waals surface area (Å²) in [4.78, 5) is 137. The van der Waals surface area contributed by atoms with Gasteiger partial charge in [0.1, 0.15) is 22.4 Å². The van der Waals surface area contributed by atoms with Crippen LogP contribution in [-0.2, 0) is 33.8 Å². The van der Waals surface area contributed by atoms with Crippen molar-refractivity contribution in [2.45, 2.75) is 81.9 Å². The van der Waals surface area contributed by atoms with Crippen LogP contribution >= 0.6 is 34.8 Å². The molecule has 115 heavy (non-hydrogen) atoms. The number of carbonyl (C=O) groups is 6. The summed E-state index contributed by atoms with van der Waals surface area (Å²) >= 11 is 18.5. The lowest BCUT2D eigenvalue weighted by Crippen LogP contribution is -2.49. The highest BCUT2D eigenvalue weighted by atomic mass is 35.5. The van der Waals surface area contributed by atoms with Crippen molar-refractivity contribution >= 4 is 120 Å². The number of ether oxygens (including phenoxy) is 4. The van der Waals surface area contributed by atoms with E-state index < -0.39 is 17.9 Å². The number of rotatable bonds is 25. The molecule has 9 aromatic rings. The maximum atomic E-state index is 13.8. The number of carbonyl (C=O) groups excluding carboxylic acids is 6. The Kier molecular flexibility index (Phi) is 34.3. The number of methoxy groups -OCH3 is 1. The molecule has 7 heterocycles. The Balaban J connectivity index is 0.000000236. The number of benzene rings is 5. The average Bonchev–Trinajstić information content (AvgIpc) is 0.857. The molecule has 3 aliphatic rings. The van der Waals surface area contributed by atoms with Crippen molar-refractivity contribution < 1.29 is 52.1 Å². The maximum Gasteiger partial charge on any atom is 0.345 e. The van der Waals surface area contributed by atoms with Crippen LogP contribution in [0.5, 0.6) is 5.75 Å². The molecule has 0 atom stereocenters.